The van der Waals surface area contributed by atoms with Crippen LogP contribution >= 0.6 is 23.2 Å². The molecule has 0 radical (unpaired) electrons. The van der Waals surface area contributed by atoms with Crippen LogP contribution < -0.4 is 18.9 Å². The third-order valence-corrected chi connectivity index (χ3v) is 6.07. The van der Waals surface area contributed by atoms with Crippen molar-refractivity contribution < 1.29 is 18.9 Å². The fraction of sp³-hybridized carbons (Fsp3) is 0.192. The average molecular weight is 499 g/mol. The zero-order valence-corrected chi connectivity index (χ0v) is 20.8. The smallest absolute Gasteiger partial charge is 0.132 e. The van der Waals surface area contributed by atoms with Crippen LogP contribution in [0.3, 0.4) is 0 Å². The average Bonchev–Trinajstić information content (AvgIpc) is 3.28. The maximum Gasteiger partial charge on any atom is 0.132 e. The molecule has 0 aliphatic heterocycles. The maximum absolute atomic E-state index is 6.48. The molecule has 1 aromatic heterocycles. The fourth-order valence-electron chi connectivity index (χ4n) is 3.72. The van der Waals surface area contributed by atoms with E-state index >= 15 is 0 Å². The van der Waals surface area contributed by atoms with Gasteiger partial charge in [0.05, 0.1) is 46.4 Å². The molecule has 3 aromatic carbocycles. The van der Waals surface area contributed by atoms with Crippen molar-refractivity contribution in [1.82, 2.24) is 9.78 Å². The van der Waals surface area contributed by atoms with Gasteiger partial charge in [0.1, 0.15) is 23.0 Å². The van der Waals surface area contributed by atoms with E-state index in [4.69, 9.17) is 47.2 Å². The first kappa shape index (κ1) is 23.8. The summed E-state index contributed by atoms with van der Waals surface area (Å²) in [7, 11) is 6.49. The second-order valence-corrected chi connectivity index (χ2v) is 8.28. The van der Waals surface area contributed by atoms with Gasteiger partial charge in [-0.25, -0.2) is 0 Å². The van der Waals surface area contributed by atoms with Crippen molar-refractivity contribution in [1.29, 1.82) is 0 Å². The topological polar surface area (TPSA) is 54.7 Å². The van der Waals surface area contributed by atoms with Gasteiger partial charge in [0, 0.05) is 33.3 Å². The van der Waals surface area contributed by atoms with Crippen LogP contribution in [-0.4, -0.2) is 38.2 Å². The number of halogens is 2. The molecule has 176 valence electrons. The second kappa shape index (κ2) is 10.3. The molecular weight excluding hydrogens is 475 g/mol. The van der Waals surface area contributed by atoms with Gasteiger partial charge in [0.2, 0.25) is 0 Å². The molecule has 0 unspecified atom stereocenters. The molecule has 0 saturated heterocycles. The normalized spacial score (nSPS) is 10.8. The first-order valence-corrected chi connectivity index (χ1v) is 11.2. The Morgan fingerprint density at radius 3 is 1.91 bits per heavy atom. The Labute approximate surface area is 208 Å². The maximum atomic E-state index is 6.48. The minimum atomic E-state index is 0.430. The molecule has 8 heteroatoms. The number of nitrogens with zero attached hydrogens (tertiary/aromatic N) is 2. The molecule has 0 N–H and O–H groups in total. The number of hydrogen-bond acceptors (Lipinski definition) is 5. The Morgan fingerprint density at radius 1 is 0.706 bits per heavy atom. The molecular formula is C26H24Cl2N2O4. The van der Waals surface area contributed by atoms with E-state index in [0.29, 0.717) is 39.6 Å². The Hall–Kier alpha value is -3.35. The largest absolute Gasteiger partial charge is 0.497 e. The van der Waals surface area contributed by atoms with Crippen molar-refractivity contribution in [2.45, 2.75) is 6.54 Å². The standard InChI is InChI=1S/C26H24Cl2N2O4/c1-31-18-7-9-20(25(12-18)33-3)23-14-24(21-10-8-19(32-2)13-26(21)34-4)30(29-23)15-16-5-6-17(27)11-22(16)28/h5-14H,15H2,1-4H3. The van der Waals surface area contributed by atoms with Gasteiger partial charge in [0.15, 0.2) is 0 Å². The highest BCUT2D eigenvalue weighted by molar-refractivity contribution is 6.35. The van der Waals surface area contributed by atoms with Crippen LogP contribution in [0.4, 0.5) is 0 Å². The monoisotopic (exact) mass is 498 g/mol. The number of rotatable bonds is 8. The van der Waals surface area contributed by atoms with Crippen LogP contribution in [0.2, 0.25) is 10.0 Å². The first-order valence-electron chi connectivity index (χ1n) is 10.4. The molecule has 0 saturated carbocycles. The summed E-state index contributed by atoms with van der Waals surface area (Å²) in [5, 5.41) is 6.06. The summed E-state index contributed by atoms with van der Waals surface area (Å²) in [5.41, 5.74) is 4.16. The van der Waals surface area contributed by atoms with Crippen molar-refractivity contribution in [2.75, 3.05) is 28.4 Å². The van der Waals surface area contributed by atoms with E-state index in [-0.39, 0.29) is 0 Å². The van der Waals surface area contributed by atoms with Crippen LogP contribution in [-0.2, 0) is 6.54 Å². The van der Waals surface area contributed by atoms with E-state index in [2.05, 4.69) is 0 Å². The van der Waals surface area contributed by atoms with Gasteiger partial charge in [-0.15, -0.1) is 0 Å². The van der Waals surface area contributed by atoms with Crippen LogP contribution in [0.1, 0.15) is 5.56 Å². The van der Waals surface area contributed by atoms with Crippen LogP contribution in [0, 0.1) is 0 Å². The molecule has 0 fully saturated rings. The molecule has 4 rings (SSSR count). The van der Waals surface area contributed by atoms with Crippen LogP contribution in [0.15, 0.2) is 60.7 Å². The van der Waals surface area contributed by atoms with Crippen molar-refractivity contribution >= 4 is 23.2 Å². The van der Waals surface area contributed by atoms with E-state index < -0.39 is 0 Å². The molecule has 34 heavy (non-hydrogen) atoms. The predicted octanol–water partition coefficient (Wildman–Crippen LogP) is 6.61. The lowest BCUT2D eigenvalue weighted by Crippen LogP contribution is -2.05. The SMILES string of the molecule is COc1ccc(-c2cc(-c3ccc(OC)cc3OC)n(Cc3ccc(Cl)cc3Cl)n2)c(OC)c1. The van der Waals surface area contributed by atoms with Gasteiger partial charge in [0.25, 0.3) is 0 Å². The molecule has 0 spiro atoms. The van der Waals surface area contributed by atoms with Crippen molar-refractivity contribution in [2.24, 2.45) is 0 Å². The number of methoxy groups -OCH3 is 4. The summed E-state index contributed by atoms with van der Waals surface area (Å²) in [5.74, 6) is 2.72. The summed E-state index contributed by atoms with van der Waals surface area (Å²) in [6.07, 6.45) is 0. The van der Waals surface area contributed by atoms with E-state index in [1.807, 2.05) is 59.3 Å². The highest BCUT2D eigenvalue weighted by Gasteiger charge is 2.19. The van der Waals surface area contributed by atoms with Gasteiger partial charge >= 0.3 is 0 Å². The third-order valence-electron chi connectivity index (χ3n) is 5.48. The number of aromatic nitrogens is 2. The first-order chi connectivity index (χ1) is 16.5. The van der Waals surface area contributed by atoms with E-state index in [0.717, 1.165) is 28.1 Å². The number of hydrogen-bond donors (Lipinski definition) is 0. The van der Waals surface area contributed by atoms with E-state index in [9.17, 15) is 0 Å². The lowest BCUT2D eigenvalue weighted by atomic mass is 10.1. The highest BCUT2D eigenvalue weighted by atomic mass is 35.5. The summed E-state index contributed by atoms with van der Waals surface area (Å²) >= 11 is 12.6. The van der Waals surface area contributed by atoms with E-state index in [1.54, 1.807) is 34.5 Å². The molecule has 0 aliphatic rings. The molecule has 6 nitrogen and oxygen atoms in total. The third kappa shape index (κ3) is 4.79. The van der Waals surface area contributed by atoms with Crippen molar-refractivity contribution in [3.63, 3.8) is 0 Å². The van der Waals surface area contributed by atoms with Crippen molar-refractivity contribution in [3.8, 4) is 45.5 Å². The minimum absolute atomic E-state index is 0.430. The number of ether oxygens (including phenoxy) is 4. The predicted molar refractivity (Wildman–Crippen MR) is 135 cm³/mol. The molecule has 1 heterocycles. The van der Waals surface area contributed by atoms with Crippen LogP contribution in [0.5, 0.6) is 23.0 Å². The zero-order chi connectivity index (χ0) is 24.2. The fourth-order valence-corrected chi connectivity index (χ4v) is 4.19. The molecule has 0 amide bonds. The van der Waals surface area contributed by atoms with Gasteiger partial charge < -0.3 is 18.9 Å². The van der Waals surface area contributed by atoms with Gasteiger partial charge in [-0.2, -0.15) is 5.10 Å². The molecule has 0 atom stereocenters. The van der Waals surface area contributed by atoms with Gasteiger partial charge in [-0.1, -0.05) is 29.3 Å². The Bertz CT molecular complexity index is 1320. The number of benzene rings is 3. The second-order valence-electron chi connectivity index (χ2n) is 7.44. The molecule has 0 bridgehead atoms. The highest BCUT2D eigenvalue weighted by Crippen LogP contribution is 2.39. The van der Waals surface area contributed by atoms with Crippen LogP contribution in [0.25, 0.3) is 22.5 Å². The molecule has 4 aromatic rings. The molecule has 0 aliphatic carbocycles. The van der Waals surface area contributed by atoms with Gasteiger partial charge in [-0.3, -0.25) is 4.68 Å². The summed E-state index contributed by atoms with van der Waals surface area (Å²) in [6, 6.07) is 18.7. The van der Waals surface area contributed by atoms with E-state index in [1.165, 1.54) is 0 Å². The Kier molecular flexibility index (Phi) is 7.20. The Balaban J connectivity index is 1.88. The summed E-state index contributed by atoms with van der Waals surface area (Å²) in [4.78, 5) is 0. The quantitative estimate of drug-likeness (QED) is 0.273. The van der Waals surface area contributed by atoms with Gasteiger partial charge in [-0.05, 0) is 48.0 Å². The summed E-state index contributed by atoms with van der Waals surface area (Å²) < 4.78 is 23.9. The zero-order valence-electron chi connectivity index (χ0n) is 19.3. The summed E-state index contributed by atoms with van der Waals surface area (Å²) in [6.45, 7) is 0.430. The minimum Gasteiger partial charge on any atom is -0.497 e. The lowest BCUT2D eigenvalue weighted by Gasteiger charge is -2.13. The Morgan fingerprint density at radius 2 is 1.32 bits per heavy atom. The lowest BCUT2D eigenvalue weighted by molar-refractivity contribution is 0.395. The van der Waals surface area contributed by atoms with Crippen molar-refractivity contribution in [3.05, 3.63) is 76.3 Å².